The Balaban J connectivity index is 0.000000273. The molecule has 8 nitrogen and oxygen atoms in total. The Bertz CT molecular complexity index is 850. The van der Waals surface area contributed by atoms with Crippen LogP contribution in [0.2, 0.25) is 0 Å². The zero-order valence-corrected chi connectivity index (χ0v) is 15.7. The van der Waals surface area contributed by atoms with Gasteiger partial charge in [0, 0.05) is 13.0 Å². The topological polar surface area (TPSA) is 133 Å². The van der Waals surface area contributed by atoms with Gasteiger partial charge in [-0.2, -0.15) is 0 Å². The summed E-state index contributed by atoms with van der Waals surface area (Å²) in [4.78, 5) is 21.2. The van der Waals surface area contributed by atoms with Crippen molar-refractivity contribution in [1.29, 1.82) is 0 Å². The van der Waals surface area contributed by atoms with E-state index in [1.165, 1.54) is 50.2 Å². The molecular weight excluding hydrogens is 412 g/mol. The fourth-order valence-corrected chi connectivity index (χ4v) is 3.33. The number of para-hydroxylation sites is 1. The van der Waals surface area contributed by atoms with Gasteiger partial charge in [-0.25, -0.2) is 4.39 Å². The quantitative estimate of drug-likeness (QED) is 0.244. The van der Waals surface area contributed by atoms with Crippen molar-refractivity contribution in [3.8, 4) is 11.5 Å². The monoisotopic (exact) mass is 429 g/mol. The summed E-state index contributed by atoms with van der Waals surface area (Å²) in [6.07, 6.45) is 0. The second kappa shape index (κ2) is 9.19. The third-order valence-electron chi connectivity index (χ3n) is 2.69. The van der Waals surface area contributed by atoms with Gasteiger partial charge in [0.2, 0.25) is 0 Å². The molecule has 26 heavy (non-hydrogen) atoms. The molecule has 0 saturated heterocycles. The van der Waals surface area contributed by atoms with Crippen LogP contribution in [0.25, 0.3) is 0 Å². The predicted octanol–water partition coefficient (Wildman–Crippen LogP) is 0.663. The van der Waals surface area contributed by atoms with Crippen molar-refractivity contribution in [2.75, 3.05) is 5.32 Å². The summed E-state index contributed by atoms with van der Waals surface area (Å²) >= 11 is -5.14. The smallest absolute Gasteiger partial charge is 0.308 e. The summed E-state index contributed by atoms with van der Waals surface area (Å²) in [5, 5.41) is 11.5. The molecule has 2 rings (SSSR count). The average molecular weight is 429 g/mol. The fraction of sp³-hybridized carbons (Fsp3) is 0.125. The Morgan fingerprint density at radius 3 is 2.23 bits per heavy atom. The minimum Gasteiger partial charge on any atom is -0.427 e. The van der Waals surface area contributed by atoms with Crippen molar-refractivity contribution < 1.29 is 35.8 Å². The molecule has 0 aliphatic rings. The minimum atomic E-state index is -5.14. The van der Waals surface area contributed by atoms with Crippen LogP contribution in [0.1, 0.15) is 13.8 Å². The van der Waals surface area contributed by atoms with Crippen LogP contribution in [0, 0.1) is 5.82 Å². The van der Waals surface area contributed by atoms with Gasteiger partial charge in [-0.1, -0.05) is 6.07 Å². The number of benzene rings is 2. The minimum absolute atomic E-state index is 0.225. The number of phenols is 1. The molecule has 4 N–H and O–H groups in total. The molecule has 0 aromatic heterocycles. The molecule has 2 aromatic rings. The van der Waals surface area contributed by atoms with E-state index in [9.17, 15) is 22.8 Å². The summed E-state index contributed by atoms with van der Waals surface area (Å²) in [7, 11) is 0. The normalized spacial score (nSPS) is 10.3. The molecule has 0 bridgehead atoms. The first kappa shape index (κ1) is 21.4. The van der Waals surface area contributed by atoms with Crippen LogP contribution in [-0.2, 0) is 13.3 Å². The number of carbonyl (C=O) groups excluding carboxylic acids is 2. The first-order chi connectivity index (χ1) is 12.0. The van der Waals surface area contributed by atoms with Crippen LogP contribution in [0.15, 0.2) is 42.5 Å². The van der Waals surface area contributed by atoms with Gasteiger partial charge < -0.3 is 4.74 Å². The molecule has 0 radical (unpaired) electrons. The van der Waals surface area contributed by atoms with Gasteiger partial charge in [0.25, 0.3) is 0 Å². The SMILES string of the molecule is CC(=O)Nc1c(O)cccc1[As](=O)(O)O.CC(=O)Oc1cccc(F)c1. The van der Waals surface area contributed by atoms with E-state index in [-0.39, 0.29) is 21.5 Å². The number of hydrogen-bond donors (Lipinski definition) is 4. The van der Waals surface area contributed by atoms with Gasteiger partial charge in [0.1, 0.15) is 11.6 Å². The number of carbonyl (C=O) groups is 2. The molecule has 0 aliphatic carbocycles. The van der Waals surface area contributed by atoms with E-state index >= 15 is 0 Å². The predicted molar refractivity (Wildman–Crippen MR) is 90.6 cm³/mol. The van der Waals surface area contributed by atoms with Crippen LogP contribution in [0.3, 0.4) is 0 Å². The number of hydrogen-bond acceptors (Lipinski definition) is 5. The molecule has 0 heterocycles. The van der Waals surface area contributed by atoms with E-state index < -0.39 is 31.9 Å². The summed E-state index contributed by atoms with van der Waals surface area (Å²) in [5.41, 5.74) is -0.225. The zero-order valence-electron chi connectivity index (χ0n) is 13.8. The van der Waals surface area contributed by atoms with Gasteiger partial charge in [0.15, 0.2) is 0 Å². The second-order valence-corrected chi connectivity index (χ2v) is 8.24. The number of nitrogens with one attached hydrogen (secondary N) is 1. The Labute approximate surface area is 151 Å². The first-order valence-electron chi connectivity index (χ1n) is 7.10. The maximum atomic E-state index is 12.4. The van der Waals surface area contributed by atoms with E-state index in [0.717, 1.165) is 6.07 Å². The number of phenolic OH excluding ortho intramolecular Hbond substituents is 1. The van der Waals surface area contributed by atoms with Gasteiger partial charge in [0.05, 0.1) is 0 Å². The maximum absolute atomic E-state index is 12.4. The molecule has 2 aromatic carbocycles. The molecule has 10 heteroatoms. The number of esters is 1. The van der Waals surface area contributed by atoms with Crippen molar-refractivity contribution in [2.45, 2.75) is 13.8 Å². The van der Waals surface area contributed by atoms with E-state index in [2.05, 4.69) is 10.1 Å². The summed E-state index contributed by atoms with van der Waals surface area (Å²) < 4.78 is 45.8. The van der Waals surface area contributed by atoms with Crippen molar-refractivity contribution in [3.05, 3.63) is 48.3 Å². The van der Waals surface area contributed by atoms with E-state index in [4.69, 9.17) is 8.19 Å². The van der Waals surface area contributed by atoms with E-state index in [1.54, 1.807) is 0 Å². The van der Waals surface area contributed by atoms with Gasteiger partial charge in [-0.05, 0) is 12.1 Å². The van der Waals surface area contributed by atoms with Crippen LogP contribution < -0.4 is 14.4 Å². The average Bonchev–Trinajstić information content (AvgIpc) is 2.48. The van der Waals surface area contributed by atoms with Crippen LogP contribution in [0.5, 0.6) is 11.5 Å². The Morgan fingerprint density at radius 1 is 1.12 bits per heavy atom. The molecule has 0 spiro atoms. The standard InChI is InChI=1S/C8H10AsNO5.C8H7FO2/c1-5(11)10-8-6(9(13,14)15)3-2-4-7(8)12;1-6(10)11-8-4-2-3-7(9)5-8/h2-4,12H,1H3,(H,10,11)(H2,13,14,15);2-5H,1H3. The number of aromatic hydroxyl groups is 1. The molecule has 0 unspecified atom stereocenters. The Morgan fingerprint density at radius 2 is 1.73 bits per heavy atom. The van der Waals surface area contributed by atoms with E-state index in [0.29, 0.717) is 0 Å². The number of ether oxygens (including phenoxy) is 1. The van der Waals surface area contributed by atoms with Gasteiger partial charge in [-0.15, -0.1) is 0 Å². The molecule has 1 amide bonds. The van der Waals surface area contributed by atoms with Crippen molar-refractivity contribution in [2.24, 2.45) is 0 Å². The number of anilines is 1. The number of halogens is 1. The van der Waals surface area contributed by atoms with Crippen LogP contribution in [0.4, 0.5) is 10.1 Å². The third-order valence-corrected chi connectivity index (χ3v) is 4.79. The van der Waals surface area contributed by atoms with E-state index in [1.807, 2.05) is 0 Å². The van der Waals surface area contributed by atoms with Crippen LogP contribution >= 0.6 is 0 Å². The summed E-state index contributed by atoms with van der Waals surface area (Å²) in [6, 6.07) is 9.15. The summed E-state index contributed by atoms with van der Waals surface area (Å²) in [6.45, 7) is 2.45. The molecule has 0 atom stereocenters. The number of rotatable bonds is 3. The molecule has 0 fully saturated rings. The van der Waals surface area contributed by atoms with Crippen LogP contribution in [-0.4, -0.2) is 39.3 Å². The van der Waals surface area contributed by atoms with Gasteiger partial charge in [-0.3, -0.25) is 4.79 Å². The molecule has 0 aliphatic heterocycles. The maximum Gasteiger partial charge on any atom is 0.308 e. The third kappa shape index (κ3) is 7.10. The molecule has 0 saturated carbocycles. The molecule has 140 valence electrons. The molecular formula is C16H17AsFNO7. The summed E-state index contributed by atoms with van der Waals surface area (Å²) in [5.74, 6) is -1.51. The first-order valence-corrected chi connectivity index (χ1v) is 10.5. The number of amides is 1. The van der Waals surface area contributed by atoms with Crippen molar-refractivity contribution in [3.63, 3.8) is 0 Å². The largest absolute Gasteiger partial charge is 0.427 e. The van der Waals surface area contributed by atoms with Crippen molar-refractivity contribution >= 4 is 36.1 Å². The Hall–Kier alpha value is -2.61. The second-order valence-electron chi connectivity index (χ2n) is 4.95. The Kier molecular flexibility index (Phi) is 7.57. The zero-order chi connectivity index (χ0) is 19.9. The fourth-order valence-electron chi connectivity index (χ4n) is 1.77. The van der Waals surface area contributed by atoms with Crippen molar-refractivity contribution in [1.82, 2.24) is 0 Å². The van der Waals surface area contributed by atoms with Gasteiger partial charge >= 0.3 is 94.1 Å².